The predicted octanol–water partition coefficient (Wildman–Crippen LogP) is 4.77. The molecule has 0 aliphatic heterocycles. The van der Waals surface area contributed by atoms with E-state index in [1.54, 1.807) is 44.6 Å². The normalized spacial score (nSPS) is 10.8. The molecule has 0 saturated heterocycles. The van der Waals surface area contributed by atoms with Crippen molar-refractivity contribution in [3.05, 3.63) is 82.2 Å². The highest BCUT2D eigenvalue weighted by molar-refractivity contribution is 6.05. The van der Waals surface area contributed by atoms with Crippen LogP contribution in [0.5, 0.6) is 17.2 Å². The number of carbonyl (C=O) groups excluding carboxylic acids is 1. The van der Waals surface area contributed by atoms with E-state index in [0.29, 0.717) is 58.1 Å². The van der Waals surface area contributed by atoms with Crippen LogP contribution in [0.2, 0.25) is 0 Å². The standard InChI is InChI=1S/C28H28N2O6/c1-17-24(35-13-5-12-29)10-8-19-16-23(28(32)36-26(17)19)30-27(31)20-9-11-25(34-3)22(15-20)18-6-4-7-21(14-18)33-2/h4,6-11,14-16H,5,12-13,29H2,1-3H3,(H,30,31). The molecule has 8 nitrogen and oxygen atoms in total. The number of hydrogen-bond acceptors (Lipinski definition) is 7. The average Bonchev–Trinajstić information content (AvgIpc) is 2.90. The van der Waals surface area contributed by atoms with Crippen molar-refractivity contribution < 1.29 is 23.4 Å². The van der Waals surface area contributed by atoms with Gasteiger partial charge in [0.15, 0.2) is 0 Å². The fraction of sp³-hybridized carbons (Fsp3) is 0.214. The van der Waals surface area contributed by atoms with Crippen LogP contribution in [0.15, 0.2) is 69.9 Å². The number of benzene rings is 3. The molecule has 0 aliphatic rings. The van der Waals surface area contributed by atoms with Gasteiger partial charge < -0.3 is 29.7 Å². The summed E-state index contributed by atoms with van der Waals surface area (Å²) in [7, 11) is 3.16. The average molecular weight is 489 g/mol. The molecular formula is C28H28N2O6. The molecule has 0 saturated carbocycles. The van der Waals surface area contributed by atoms with Crippen molar-refractivity contribution in [3.8, 4) is 28.4 Å². The van der Waals surface area contributed by atoms with E-state index < -0.39 is 11.5 Å². The molecule has 0 atom stereocenters. The number of methoxy groups -OCH3 is 2. The van der Waals surface area contributed by atoms with Crippen LogP contribution in [-0.2, 0) is 0 Å². The molecule has 0 radical (unpaired) electrons. The van der Waals surface area contributed by atoms with Gasteiger partial charge in [-0.15, -0.1) is 0 Å². The molecule has 0 unspecified atom stereocenters. The molecule has 4 aromatic rings. The van der Waals surface area contributed by atoms with Gasteiger partial charge in [0.05, 0.1) is 20.8 Å². The topological polar surface area (TPSA) is 113 Å². The van der Waals surface area contributed by atoms with Gasteiger partial charge in [-0.2, -0.15) is 0 Å². The zero-order chi connectivity index (χ0) is 25.7. The van der Waals surface area contributed by atoms with Gasteiger partial charge >= 0.3 is 5.63 Å². The first-order chi connectivity index (χ1) is 17.4. The Balaban J connectivity index is 1.63. The molecule has 186 valence electrons. The van der Waals surface area contributed by atoms with E-state index in [4.69, 9.17) is 24.4 Å². The highest BCUT2D eigenvalue weighted by Gasteiger charge is 2.16. The van der Waals surface area contributed by atoms with Crippen molar-refractivity contribution >= 4 is 22.6 Å². The zero-order valence-electron chi connectivity index (χ0n) is 20.4. The maximum atomic E-state index is 13.1. The third-order valence-electron chi connectivity index (χ3n) is 5.80. The maximum absolute atomic E-state index is 13.1. The molecule has 0 spiro atoms. The summed E-state index contributed by atoms with van der Waals surface area (Å²) in [5.74, 6) is 1.46. The summed E-state index contributed by atoms with van der Waals surface area (Å²) in [4.78, 5) is 25.8. The van der Waals surface area contributed by atoms with Crippen molar-refractivity contribution in [2.24, 2.45) is 5.73 Å². The SMILES string of the molecule is COc1cccc(-c2cc(C(=O)Nc3cc4ccc(OCCCN)c(C)c4oc3=O)ccc2OC)c1. The lowest BCUT2D eigenvalue weighted by Gasteiger charge is -2.13. The minimum absolute atomic E-state index is 0.0439. The molecular weight excluding hydrogens is 460 g/mol. The Hall–Kier alpha value is -4.30. The fourth-order valence-corrected chi connectivity index (χ4v) is 3.87. The van der Waals surface area contributed by atoms with Crippen LogP contribution in [0.25, 0.3) is 22.1 Å². The van der Waals surface area contributed by atoms with Crippen LogP contribution >= 0.6 is 0 Å². The number of anilines is 1. The molecule has 0 fully saturated rings. The summed E-state index contributed by atoms with van der Waals surface area (Å²) in [5.41, 5.74) is 7.92. The Morgan fingerprint density at radius 2 is 1.81 bits per heavy atom. The van der Waals surface area contributed by atoms with Crippen LogP contribution < -0.4 is 30.9 Å². The Kier molecular flexibility index (Phi) is 7.56. The molecule has 3 N–H and O–H groups in total. The van der Waals surface area contributed by atoms with Crippen LogP contribution in [0.3, 0.4) is 0 Å². The van der Waals surface area contributed by atoms with E-state index in [-0.39, 0.29) is 5.69 Å². The molecule has 1 amide bonds. The summed E-state index contributed by atoms with van der Waals surface area (Å²) in [5, 5.41) is 3.34. The van der Waals surface area contributed by atoms with E-state index in [1.165, 1.54) is 0 Å². The number of aryl methyl sites for hydroxylation is 1. The summed E-state index contributed by atoms with van der Waals surface area (Å²) >= 11 is 0. The third-order valence-corrected chi connectivity index (χ3v) is 5.80. The monoisotopic (exact) mass is 488 g/mol. The molecule has 36 heavy (non-hydrogen) atoms. The predicted molar refractivity (Wildman–Crippen MR) is 139 cm³/mol. The zero-order valence-corrected chi connectivity index (χ0v) is 20.4. The van der Waals surface area contributed by atoms with E-state index in [2.05, 4.69) is 5.32 Å². The van der Waals surface area contributed by atoms with Gasteiger partial charge in [0.2, 0.25) is 0 Å². The van der Waals surface area contributed by atoms with Gasteiger partial charge in [0.1, 0.15) is 28.5 Å². The van der Waals surface area contributed by atoms with Gasteiger partial charge in [-0.05, 0) is 74.0 Å². The lowest BCUT2D eigenvalue weighted by molar-refractivity contribution is 0.102. The number of amides is 1. The Bertz CT molecular complexity index is 1460. The molecule has 1 heterocycles. The minimum Gasteiger partial charge on any atom is -0.497 e. The van der Waals surface area contributed by atoms with Gasteiger partial charge in [-0.1, -0.05) is 12.1 Å². The number of rotatable bonds is 9. The van der Waals surface area contributed by atoms with Gasteiger partial charge in [0, 0.05) is 22.1 Å². The largest absolute Gasteiger partial charge is 0.497 e. The van der Waals surface area contributed by atoms with Crippen LogP contribution in [-0.4, -0.2) is 33.3 Å². The number of ether oxygens (including phenoxy) is 3. The number of nitrogens with one attached hydrogen (secondary N) is 1. The minimum atomic E-state index is -0.653. The second-order valence-corrected chi connectivity index (χ2v) is 8.15. The summed E-state index contributed by atoms with van der Waals surface area (Å²) in [6.45, 7) is 2.82. The smallest absolute Gasteiger partial charge is 0.360 e. The molecule has 4 rings (SSSR count). The van der Waals surface area contributed by atoms with Gasteiger partial charge in [-0.25, -0.2) is 4.79 Å². The summed E-state index contributed by atoms with van der Waals surface area (Å²) < 4.78 is 22.1. The number of fused-ring (bicyclic) bond motifs is 1. The number of carbonyl (C=O) groups is 1. The highest BCUT2D eigenvalue weighted by Crippen LogP contribution is 2.33. The number of hydrogen-bond donors (Lipinski definition) is 2. The first-order valence-corrected chi connectivity index (χ1v) is 11.5. The Morgan fingerprint density at radius 3 is 2.56 bits per heavy atom. The van der Waals surface area contributed by atoms with E-state index in [9.17, 15) is 9.59 Å². The third kappa shape index (κ3) is 5.18. The van der Waals surface area contributed by atoms with Crippen molar-refractivity contribution in [1.29, 1.82) is 0 Å². The molecule has 8 heteroatoms. The molecule has 0 bridgehead atoms. The first-order valence-electron chi connectivity index (χ1n) is 11.5. The lowest BCUT2D eigenvalue weighted by atomic mass is 10.0. The summed E-state index contributed by atoms with van der Waals surface area (Å²) in [6, 6.07) is 17.7. The molecule has 0 aliphatic carbocycles. The van der Waals surface area contributed by atoms with Crippen LogP contribution in [0, 0.1) is 6.92 Å². The fourth-order valence-electron chi connectivity index (χ4n) is 3.87. The molecule has 3 aromatic carbocycles. The molecule has 1 aromatic heterocycles. The van der Waals surface area contributed by atoms with Crippen LogP contribution in [0.4, 0.5) is 5.69 Å². The van der Waals surface area contributed by atoms with E-state index >= 15 is 0 Å². The lowest BCUT2D eigenvalue weighted by Crippen LogP contribution is -2.18. The number of nitrogens with two attached hydrogens (primary N) is 1. The van der Waals surface area contributed by atoms with Crippen LogP contribution in [0.1, 0.15) is 22.3 Å². The Labute approximate surface area is 208 Å². The Morgan fingerprint density at radius 1 is 1.00 bits per heavy atom. The summed E-state index contributed by atoms with van der Waals surface area (Å²) in [6.07, 6.45) is 0.720. The van der Waals surface area contributed by atoms with Crippen molar-refractivity contribution in [2.45, 2.75) is 13.3 Å². The van der Waals surface area contributed by atoms with E-state index in [0.717, 1.165) is 12.0 Å². The quantitative estimate of drug-likeness (QED) is 0.258. The van der Waals surface area contributed by atoms with Crippen molar-refractivity contribution in [3.63, 3.8) is 0 Å². The van der Waals surface area contributed by atoms with Gasteiger partial charge in [0.25, 0.3) is 5.91 Å². The second kappa shape index (κ2) is 11.0. The highest BCUT2D eigenvalue weighted by atomic mass is 16.5. The maximum Gasteiger partial charge on any atom is 0.360 e. The first kappa shape index (κ1) is 24.8. The second-order valence-electron chi connectivity index (χ2n) is 8.15. The van der Waals surface area contributed by atoms with Crippen molar-refractivity contribution in [1.82, 2.24) is 0 Å². The van der Waals surface area contributed by atoms with Gasteiger partial charge in [-0.3, -0.25) is 4.79 Å². The van der Waals surface area contributed by atoms with E-state index in [1.807, 2.05) is 37.3 Å². The van der Waals surface area contributed by atoms with Crippen molar-refractivity contribution in [2.75, 3.05) is 32.7 Å².